The van der Waals surface area contributed by atoms with Gasteiger partial charge in [-0.1, -0.05) is 6.92 Å². The van der Waals surface area contributed by atoms with E-state index in [1.54, 1.807) is 0 Å². The molecule has 0 aliphatic heterocycles. The molecule has 0 aliphatic rings. The van der Waals surface area contributed by atoms with Gasteiger partial charge in [-0.3, -0.25) is 0 Å². The van der Waals surface area contributed by atoms with E-state index in [9.17, 15) is 0 Å². The molecule has 0 amide bonds. The molecule has 6 heavy (non-hydrogen) atoms. The highest BCUT2D eigenvalue weighted by atomic mass is 16.2. The molecule has 0 aromatic rings. The SMILES string of the molecule is C[CH]CCCO. The van der Waals surface area contributed by atoms with Gasteiger partial charge < -0.3 is 5.11 Å². The summed E-state index contributed by atoms with van der Waals surface area (Å²) >= 11 is 0. The molecule has 0 fully saturated rings. The lowest BCUT2D eigenvalue weighted by Crippen LogP contribution is -1.79. The van der Waals surface area contributed by atoms with Gasteiger partial charge in [-0.05, 0) is 19.3 Å². The molecular formula is C5H11O. The number of rotatable bonds is 3. The van der Waals surface area contributed by atoms with E-state index in [-0.39, 0.29) is 0 Å². The Balaban J connectivity index is 2.34. The Morgan fingerprint density at radius 2 is 2.33 bits per heavy atom. The van der Waals surface area contributed by atoms with Crippen LogP contribution in [0.2, 0.25) is 0 Å². The van der Waals surface area contributed by atoms with Crippen molar-refractivity contribution >= 4 is 0 Å². The zero-order valence-electron chi connectivity index (χ0n) is 4.15. The molecule has 37 valence electrons. The second-order valence-electron chi connectivity index (χ2n) is 1.27. The fraction of sp³-hybridized carbons (Fsp3) is 0.800. The molecule has 1 heteroatoms. The van der Waals surface area contributed by atoms with E-state index in [4.69, 9.17) is 5.11 Å². The number of aliphatic hydroxyl groups is 1. The van der Waals surface area contributed by atoms with E-state index in [1.807, 2.05) is 6.92 Å². The predicted octanol–water partition coefficient (Wildman–Crippen LogP) is 0.983. The summed E-state index contributed by atoms with van der Waals surface area (Å²) in [6, 6.07) is 0. The third-order valence-corrected chi connectivity index (χ3v) is 0.651. The zero-order valence-corrected chi connectivity index (χ0v) is 4.15. The minimum atomic E-state index is 0.324. The Hall–Kier alpha value is -0.0400. The quantitative estimate of drug-likeness (QED) is 0.509. The van der Waals surface area contributed by atoms with Gasteiger partial charge in [0.1, 0.15) is 0 Å². The van der Waals surface area contributed by atoms with Gasteiger partial charge >= 0.3 is 0 Å². The standard InChI is InChI=1S/C5H11O/c1-2-3-4-5-6/h2,6H,3-5H2,1H3. The van der Waals surface area contributed by atoms with Crippen molar-refractivity contribution in [2.45, 2.75) is 19.8 Å². The first-order chi connectivity index (χ1) is 2.91. The highest BCUT2D eigenvalue weighted by Crippen LogP contribution is 1.87. The van der Waals surface area contributed by atoms with Gasteiger partial charge in [0.2, 0.25) is 0 Å². The molecule has 0 aromatic carbocycles. The first-order valence-electron chi connectivity index (χ1n) is 2.30. The van der Waals surface area contributed by atoms with Crippen molar-refractivity contribution < 1.29 is 5.11 Å². The lowest BCUT2D eigenvalue weighted by molar-refractivity contribution is 0.288. The van der Waals surface area contributed by atoms with Crippen molar-refractivity contribution in [2.75, 3.05) is 6.61 Å². The number of unbranched alkanes of at least 4 members (excludes halogenated alkanes) is 2. The van der Waals surface area contributed by atoms with Crippen LogP contribution in [-0.4, -0.2) is 11.7 Å². The van der Waals surface area contributed by atoms with Gasteiger partial charge in [-0.25, -0.2) is 0 Å². The third-order valence-electron chi connectivity index (χ3n) is 0.651. The van der Waals surface area contributed by atoms with Crippen LogP contribution in [0, 0.1) is 6.42 Å². The van der Waals surface area contributed by atoms with E-state index in [0.29, 0.717) is 6.61 Å². The van der Waals surface area contributed by atoms with E-state index in [1.165, 1.54) is 0 Å². The minimum Gasteiger partial charge on any atom is -0.396 e. The molecule has 0 bridgehead atoms. The maximum atomic E-state index is 8.18. The van der Waals surface area contributed by atoms with Crippen LogP contribution in [0.15, 0.2) is 0 Å². The van der Waals surface area contributed by atoms with Crippen LogP contribution < -0.4 is 0 Å². The van der Waals surface area contributed by atoms with Crippen LogP contribution in [-0.2, 0) is 0 Å². The van der Waals surface area contributed by atoms with Gasteiger partial charge in [-0.2, -0.15) is 0 Å². The van der Waals surface area contributed by atoms with Gasteiger partial charge in [0, 0.05) is 6.61 Å². The number of hydrogen-bond donors (Lipinski definition) is 1. The summed E-state index contributed by atoms with van der Waals surface area (Å²) in [4.78, 5) is 0. The maximum absolute atomic E-state index is 8.18. The molecule has 0 saturated heterocycles. The summed E-state index contributed by atoms with van der Waals surface area (Å²) in [7, 11) is 0. The smallest absolute Gasteiger partial charge is 0.0431 e. The van der Waals surface area contributed by atoms with E-state index >= 15 is 0 Å². The normalized spacial score (nSPS) is 9.00. The van der Waals surface area contributed by atoms with Crippen LogP contribution in [0.1, 0.15) is 19.8 Å². The Bertz CT molecular complexity index is 15.9. The first-order valence-corrected chi connectivity index (χ1v) is 2.30. The summed E-state index contributed by atoms with van der Waals surface area (Å²) in [5.74, 6) is 0. The van der Waals surface area contributed by atoms with Crippen molar-refractivity contribution in [1.29, 1.82) is 0 Å². The lowest BCUT2D eigenvalue weighted by atomic mass is 10.3. The molecule has 1 radical (unpaired) electrons. The minimum absolute atomic E-state index is 0.324. The molecule has 1 N–H and O–H groups in total. The Morgan fingerprint density at radius 1 is 1.67 bits per heavy atom. The molecular weight excluding hydrogens is 76.1 g/mol. The fourth-order valence-electron chi connectivity index (χ4n) is 0.295. The van der Waals surface area contributed by atoms with E-state index in [2.05, 4.69) is 6.42 Å². The number of aliphatic hydroxyl groups excluding tert-OH is 1. The van der Waals surface area contributed by atoms with Gasteiger partial charge in [0.05, 0.1) is 0 Å². The molecule has 0 atom stereocenters. The van der Waals surface area contributed by atoms with Gasteiger partial charge in [-0.15, -0.1) is 0 Å². The maximum Gasteiger partial charge on any atom is 0.0431 e. The average molecular weight is 87.1 g/mol. The highest BCUT2D eigenvalue weighted by molar-refractivity contribution is 4.52. The molecule has 0 rings (SSSR count). The van der Waals surface area contributed by atoms with Crippen LogP contribution in [0.4, 0.5) is 0 Å². The van der Waals surface area contributed by atoms with Crippen LogP contribution in [0.3, 0.4) is 0 Å². The Kier molecular flexibility index (Phi) is 4.93. The Labute approximate surface area is 39.0 Å². The van der Waals surface area contributed by atoms with Gasteiger partial charge in [0.15, 0.2) is 0 Å². The predicted molar refractivity (Wildman–Crippen MR) is 26.3 cm³/mol. The van der Waals surface area contributed by atoms with Crippen LogP contribution in [0.5, 0.6) is 0 Å². The van der Waals surface area contributed by atoms with Crippen molar-refractivity contribution in [3.63, 3.8) is 0 Å². The summed E-state index contributed by atoms with van der Waals surface area (Å²) in [6.07, 6.45) is 4.00. The molecule has 0 spiro atoms. The first kappa shape index (κ1) is 5.96. The van der Waals surface area contributed by atoms with E-state index in [0.717, 1.165) is 12.8 Å². The molecule has 0 aromatic heterocycles. The van der Waals surface area contributed by atoms with Crippen molar-refractivity contribution in [3.05, 3.63) is 6.42 Å². The number of hydrogen-bond acceptors (Lipinski definition) is 1. The second-order valence-corrected chi connectivity index (χ2v) is 1.27. The third kappa shape index (κ3) is 3.96. The summed E-state index contributed by atoms with van der Waals surface area (Å²) in [5, 5.41) is 8.18. The molecule has 1 nitrogen and oxygen atoms in total. The summed E-state index contributed by atoms with van der Waals surface area (Å²) < 4.78 is 0. The lowest BCUT2D eigenvalue weighted by Gasteiger charge is -1.85. The Morgan fingerprint density at radius 3 is 2.50 bits per heavy atom. The molecule has 0 unspecified atom stereocenters. The highest BCUT2D eigenvalue weighted by Gasteiger charge is 1.76. The summed E-state index contributed by atoms with van der Waals surface area (Å²) in [5.41, 5.74) is 0. The molecule has 0 aliphatic carbocycles. The largest absolute Gasteiger partial charge is 0.396 e. The van der Waals surface area contributed by atoms with Crippen LogP contribution in [0.25, 0.3) is 0 Å². The monoisotopic (exact) mass is 87.1 g/mol. The van der Waals surface area contributed by atoms with Gasteiger partial charge in [0.25, 0.3) is 0 Å². The van der Waals surface area contributed by atoms with Crippen molar-refractivity contribution in [3.8, 4) is 0 Å². The zero-order chi connectivity index (χ0) is 4.83. The van der Waals surface area contributed by atoms with Crippen LogP contribution >= 0.6 is 0 Å². The van der Waals surface area contributed by atoms with Crippen molar-refractivity contribution in [2.24, 2.45) is 0 Å². The average Bonchev–Trinajstić information content (AvgIpc) is 1.61. The second kappa shape index (κ2) is 4.96. The molecule has 0 heterocycles. The van der Waals surface area contributed by atoms with Crippen molar-refractivity contribution in [1.82, 2.24) is 0 Å². The molecule has 0 saturated carbocycles. The van der Waals surface area contributed by atoms with E-state index < -0.39 is 0 Å². The fourth-order valence-corrected chi connectivity index (χ4v) is 0.295. The topological polar surface area (TPSA) is 20.2 Å². The summed E-state index contributed by atoms with van der Waals surface area (Å²) in [6.45, 7) is 2.32.